The van der Waals surface area contributed by atoms with Gasteiger partial charge < -0.3 is 17.6 Å². The van der Waals surface area contributed by atoms with Crippen molar-refractivity contribution in [2.75, 3.05) is 0 Å². The van der Waals surface area contributed by atoms with Gasteiger partial charge in [-0.05, 0) is 24.3 Å². The Bertz CT molecular complexity index is 1530. The van der Waals surface area contributed by atoms with E-state index < -0.39 is 11.6 Å². The molecular weight excluding hydrogens is 658 g/mol. The zero-order valence-electron chi connectivity index (χ0n) is 25.6. The van der Waals surface area contributed by atoms with Gasteiger partial charge >= 0.3 is 30.2 Å². The number of para-hydroxylation sites is 2. The van der Waals surface area contributed by atoms with Gasteiger partial charge in [-0.15, -0.1) is 81.2 Å². The van der Waals surface area contributed by atoms with E-state index in [9.17, 15) is 8.78 Å². The predicted octanol–water partition coefficient (Wildman–Crippen LogP) is 10.4. The summed E-state index contributed by atoms with van der Waals surface area (Å²) in [5, 5.41) is 22.5. The van der Waals surface area contributed by atoms with Crippen molar-refractivity contribution in [3.05, 3.63) is 188 Å². The first-order chi connectivity index (χ1) is 21.3. The van der Waals surface area contributed by atoms with E-state index >= 15 is 0 Å². The maximum Gasteiger partial charge on any atom is -0.171 e. The quantitative estimate of drug-likeness (QED) is 0.123. The van der Waals surface area contributed by atoms with Crippen molar-refractivity contribution in [3.8, 4) is 11.5 Å². The van der Waals surface area contributed by atoms with E-state index in [4.69, 9.17) is 10.2 Å². The van der Waals surface area contributed by atoms with Gasteiger partial charge in [-0.1, -0.05) is 50.2 Å². The van der Waals surface area contributed by atoms with Crippen LogP contribution >= 0.6 is 0 Å². The number of aryl methyl sites for hydroxylation is 2. The summed E-state index contributed by atoms with van der Waals surface area (Å²) in [6.07, 6.45) is 0. The topological polar surface area (TPSA) is 40.5 Å². The third-order valence-corrected chi connectivity index (χ3v) is 5.84. The summed E-state index contributed by atoms with van der Waals surface area (Å²) >= 11 is 1.36. The number of hydrogen-bond donors (Lipinski definition) is 2. The summed E-state index contributed by atoms with van der Waals surface area (Å²) in [5.74, 6) is -1.75. The molecular formula is C39H36F2O2SiZr-4. The smallest absolute Gasteiger partial charge is 0.171 e. The van der Waals surface area contributed by atoms with Crippen molar-refractivity contribution in [1.82, 2.24) is 0 Å². The molecule has 2 N–H and O–H groups in total. The maximum atomic E-state index is 12.1. The molecule has 0 aliphatic heterocycles. The second-order valence-corrected chi connectivity index (χ2v) is 9.30. The van der Waals surface area contributed by atoms with Crippen molar-refractivity contribution in [1.29, 1.82) is 0 Å². The molecule has 2 radical (unpaired) electrons. The fourth-order valence-corrected chi connectivity index (χ4v) is 3.86. The molecule has 45 heavy (non-hydrogen) atoms. The average Bonchev–Trinajstić information content (AvgIpc) is 3.64. The van der Waals surface area contributed by atoms with Gasteiger partial charge in [-0.2, -0.15) is 48.5 Å². The minimum atomic E-state index is -0.576. The zero-order chi connectivity index (χ0) is 32.2. The van der Waals surface area contributed by atoms with Crippen molar-refractivity contribution in [2.45, 2.75) is 13.8 Å². The number of benzene rings is 5. The molecule has 0 amide bonds. The molecule has 0 unspecified atom stereocenters. The molecule has 0 saturated heterocycles. The number of rotatable bonds is 0. The summed E-state index contributed by atoms with van der Waals surface area (Å²) in [4.78, 5) is 0. The molecule has 0 heterocycles. The minimum absolute atomic E-state index is 0. The number of aromatic hydroxyl groups is 2. The van der Waals surface area contributed by atoms with Crippen molar-refractivity contribution in [3.63, 3.8) is 0 Å². The summed E-state index contributed by atoms with van der Waals surface area (Å²) in [5.41, 5.74) is 2.70. The van der Waals surface area contributed by atoms with Crippen LogP contribution in [0.5, 0.6) is 11.5 Å². The Hall–Kier alpha value is -4.12. The van der Waals surface area contributed by atoms with Gasteiger partial charge in [0.2, 0.25) is 0 Å². The summed E-state index contributed by atoms with van der Waals surface area (Å²) in [6, 6.07) is 49.4. The van der Waals surface area contributed by atoms with Gasteiger partial charge in [-0.25, -0.2) is 8.78 Å². The van der Waals surface area contributed by atoms with E-state index in [2.05, 4.69) is 99.6 Å². The third-order valence-electron chi connectivity index (χ3n) is 5.84. The van der Waals surface area contributed by atoms with E-state index in [-0.39, 0.29) is 18.9 Å². The van der Waals surface area contributed by atoms with E-state index in [0.29, 0.717) is 0 Å². The Morgan fingerprint density at radius 1 is 0.556 bits per heavy atom. The fraction of sp³-hybridized carbons (Fsp3) is 0.0513. The number of phenols is 2. The van der Waals surface area contributed by atoms with Crippen LogP contribution in [0.2, 0.25) is 0 Å². The van der Waals surface area contributed by atoms with Gasteiger partial charge in [0.15, 0.2) is 23.1 Å². The van der Waals surface area contributed by atoms with Gasteiger partial charge in [-0.3, -0.25) is 0 Å². The molecule has 230 valence electrons. The second kappa shape index (κ2) is 22.4. The molecule has 7 rings (SSSR count). The summed E-state index contributed by atoms with van der Waals surface area (Å²) in [6.45, 7) is 7.31. The van der Waals surface area contributed by atoms with Gasteiger partial charge in [0.1, 0.15) is 0 Å². The van der Waals surface area contributed by atoms with E-state index in [1.165, 1.54) is 92.4 Å². The molecule has 0 saturated carbocycles. The van der Waals surface area contributed by atoms with Crippen LogP contribution in [0, 0.1) is 39.0 Å². The van der Waals surface area contributed by atoms with Crippen LogP contribution in [-0.4, -0.2) is 17.1 Å². The maximum absolute atomic E-state index is 12.1. The Morgan fingerprint density at radius 3 is 1.18 bits per heavy atom. The van der Waals surface area contributed by atoms with Crippen LogP contribution < -0.4 is 0 Å². The number of halogens is 2. The van der Waals surface area contributed by atoms with Crippen molar-refractivity contribution in [2.24, 2.45) is 0 Å². The van der Waals surface area contributed by atoms with Crippen molar-refractivity contribution >= 4 is 28.4 Å². The fourth-order valence-electron chi connectivity index (χ4n) is 3.86. The Kier molecular flexibility index (Phi) is 19.4. The van der Waals surface area contributed by atoms with Crippen LogP contribution in [0.15, 0.2) is 152 Å². The second-order valence-electron chi connectivity index (χ2n) is 9.30. The minimum Gasteiger partial charge on any atom is -0.184 e. The molecule has 0 bridgehead atoms. The number of hydrogen-bond acceptors (Lipinski definition) is 2. The van der Waals surface area contributed by atoms with Crippen LogP contribution in [-0.2, 0) is 23.3 Å². The first-order valence-electron chi connectivity index (χ1n) is 13.6. The van der Waals surface area contributed by atoms with Crippen molar-refractivity contribution < 1.29 is 42.3 Å². The molecule has 7 aromatic rings. The molecule has 0 atom stereocenters. The first-order valence-corrected chi connectivity index (χ1v) is 17.8. The first kappa shape index (κ1) is 38.9. The Labute approximate surface area is 282 Å². The molecule has 0 aromatic heterocycles. The Balaban J connectivity index is 0.000000279. The van der Waals surface area contributed by atoms with Crippen LogP contribution in [0.25, 0.3) is 21.5 Å². The van der Waals surface area contributed by atoms with Crippen LogP contribution in [0.3, 0.4) is 0 Å². The summed E-state index contributed by atoms with van der Waals surface area (Å²) < 4.78 is 24.1. The van der Waals surface area contributed by atoms with Crippen LogP contribution in [0.1, 0.15) is 11.1 Å². The van der Waals surface area contributed by atoms with Gasteiger partial charge in [0.25, 0.3) is 0 Å². The van der Waals surface area contributed by atoms with E-state index in [0.717, 1.165) is 0 Å². The van der Waals surface area contributed by atoms with Gasteiger partial charge in [0, 0.05) is 0 Å². The van der Waals surface area contributed by atoms with E-state index in [1.54, 1.807) is 12.1 Å². The average molecular weight is 694 g/mol. The molecule has 7 aromatic carbocycles. The third kappa shape index (κ3) is 14.9. The Morgan fingerprint density at radius 2 is 0.911 bits per heavy atom. The largest absolute Gasteiger partial charge is 0.184 e. The van der Waals surface area contributed by atoms with E-state index in [1.807, 2.05) is 30.3 Å². The summed E-state index contributed by atoms with van der Waals surface area (Å²) in [7, 11) is 0. The normalized spacial score (nSPS) is 9.04. The molecule has 6 heteroatoms. The molecule has 0 aliphatic carbocycles. The van der Waals surface area contributed by atoms with Gasteiger partial charge in [0.05, 0.1) is 0 Å². The SMILES string of the molecule is Cc1cc2ccccc2[cH-]1.Cc1cc2ccccc2[cH-]1.Oc1ccccc1F.Oc1ccccc1F.[CH3-].[Si]=[Zr].[c-]1ccccc1. The molecule has 0 fully saturated rings. The number of phenolic OH excluding ortho intramolecular Hbond substituents is 2. The molecule has 2 nitrogen and oxygen atoms in total. The predicted molar refractivity (Wildman–Crippen MR) is 182 cm³/mol. The molecule has 0 spiro atoms. The monoisotopic (exact) mass is 692 g/mol. The standard InChI is InChI=1S/2C10H9.2C6H5FO.C6H5.CH3.Si.Zr/c2*1-8-6-9-4-2-3-5-10(9)7-8;2*7-5-3-1-2-4-6(5)8;1-2-4-6-5-3-1;;;/h2*2-7H,1H3;2*1-4,8H;1-5H;1H3;;/q2*-1;;;2*-1;;. The molecule has 0 aliphatic rings. The zero-order valence-corrected chi connectivity index (χ0v) is 29.0. The number of fused-ring (bicyclic) bond motifs is 2. The van der Waals surface area contributed by atoms with Crippen LogP contribution in [0.4, 0.5) is 8.78 Å².